The zero-order valence-electron chi connectivity index (χ0n) is 13.8. The van der Waals surface area contributed by atoms with Gasteiger partial charge in [-0.3, -0.25) is 4.98 Å². The molecule has 1 aromatic carbocycles. The molecule has 2 N–H and O–H groups in total. The number of primary amides is 1. The van der Waals surface area contributed by atoms with Gasteiger partial charge in [-0.25, -0.2) is 4.79 Å². The molecule has 0 bridgehead atoms. The predicted octanol–water partition coefficient (Wildman–Crippen LogP) is 4.43. The fourth-order valence-corrected chi connectivity index (χ4v) is 3.53. The number of nitrogens with two attached hydrogens (primary N) is 1. The number of rotatable bonds is 8. The van der Waals surface area contributed by atoms with Gasteiger partial charge in [-0.15, -0.1) is 11.3 Å². The molecule has 3 rings (SSSR count). The monoisotopic (exact) mass is 356 g/mol. The number of hydrogen-bond acceptors (Lipinski definition) is 5. The van der Waals surface area contributed by atoms with Gasteiger partial charge < -0.3 is 15.2 Å². The molecule has 0 aliphatic heterocycles. The Morgan fingerprint density at radius 3 is 2.96 bits per heavy atom. The van der Waals surface area contributed by atoms with Gasteiger partial charge in [0.05, 0.1) is 19.3 Å². The average Bonchev–Trinajstić information content (AvgIpc) is 3.15. The molecule has 130 valence electrons. The van der Waals surface area contributed by atoms with E-state index < -0.39 is 6.09 Å². The zero-order valence-corrected chi connectivity index (χ0v) is 14.6. The molecule has 0 radical (unpaired) electrons. The van der Waals surface area contributed by atoms with Crippen LogP contribution in [-0.4, -0.2) is 17.7 Å². The van der Waals surface area contributed by atoms with E-state index in [1.54, 1.807) is 17.5 Å². The van der Waals surface area contributed by atoms with Crippen LogP contribution in [0.5, 0.6) is 0 Å². The van der Waals surface area contributed by atoms with Crippen molar-refractivity contribution in [1.29, 1.82) is 0 Å². The Hall–Kier alpha value is -2.44. The Balaban J connectivity index is 1.66. The van der Waals surface area contributed by atoms with E-state index in [1.165, 1.54) is 0 Å². The molecule has 0 aliphatic carbocycles. The first kappa shape index (κ1) is 17.4. The molecule has 0 aliphatic rings. The van der Waals surface area contributed by atoms with Crippen molar-refractivity contribution >= 4 is 28.2 Å². The second kappa shape index (κ2) is 8.60. The van der Waals surface area contributed by atoms with E-state index in [2.05, 4.69) is 23.2 Å². The summed E-state index contributed by atoms with van der Waals surface area (Å²) < 4.78 is 11.0. The Bertz CT molecular complexity index is 815. The van der Waals surface area contributed by atoms with Crippen LogP contribution >= 0.6 is 11.3 Å². The molecule has 6 heteroatoms. The van der Waals surface area contributed by atoms with Crippen molar-refractivity contribution < 1.29 is 14.3 Å². The van der Waals surface area contributed by atoms with E-state index in [1.807, 2.05) is 29.8 Å². The number of aromatic nitrogens is 1. The first-order valence-electron chi connectivity index (χ1n) is 8.13. The van der Waals surface area contributed by atoms with Gasteiger partial charge in [-0.2, -0.15) is 0 Å². The summed E-state index contributed by atoms with van der Waals surface area (Å²) in [6, 6.07) is 12.2. The maximum Gasteiger partial charge on any atom is 0.404 e. The fraction of sp³-hybridized carbons (Fsp3) is 0.263. The molecule has 0 saturated heterocycles. The van der Waals surface area contributed by atoms with E-state index in [0.29, 0.717) is 19.6 Å². The molecule has 0 fully saturated rings. The zero-order chi connectivity index (χ0) is 17.5. The number of nitrogens with zero attached hydrogens (tertiary/aromatic N) is 1. The summed E-state index contributed by atoms with van der Waals surface area (Å²) in [6.07, 6.45) is 4.34. The van der Waals surface area contributed by atoms with Gasteiger partial charge in [0.2, 0.25) is 0 Å². The maximum absolute atomic E-state index is 10.7. The van der Waals surface area contributed by atoms with Crippen molar-refractivity contribution in [2.75, 3.05) is 6.61 Å². The molecule has 3 aromatic rings. The van der Waals surface area contributed by atoms with E-state index in [0.717, 1.165) is 27.6 Å². The Kier molecular flexibility index (Phi) is 5.98. The number of pyridine rings is 1. The number of carbonyl (C=O) groups excluding carboxylic acids is 1. The fourth-order valence-electron chi connectivity index (χ4n) is 2.72. The van der Waals surface area contributed by atoms with Crippen molar-refractivity contribution in [2.24, 2.45) is 5.73 Å². The standard InChI is InChI=1S/C19H20N2O3S/c20-19(22)23-10-2-6-17(18-7-3-11-25-18)24-13-15-5-1-4-14-8-9-21-12-16(14)15/h1,3-5,7-9,11-12,17H,2,6,10,13H2,(H2,20,22). The van der Waals surface area contributed by atoms with Crippen molar-refractivity contribution in [3.63, 3.8) is 0 Å². The molecule has 5 nitrogen and oxygen atoms in total. The van der Waals surface area contributed by atoms with Crippen molar-refractivity contribution in [1.82, 2.24) is 4.98 Å². The highest BCUT2D eigenvalue weighted by Gasteiger charge is 2.14. The number of amides is 1. The lowest BCUT2D eigenvalue weighted by Gasteiger charge is -2.17. The highest BCUT2D eigenvalue weighted by molar-refractivity contribution is 7.10. The molecule has 2 aromatic heterocycles. The third-order valence-corrected chi connectivity index (χ3v) is 4.89. The first-order chi connectivity index (χ1) is 12.2. The number of thiophene rings is 1. The summed E-state index contributed by atoms with van der Waals surface area (Å²) >= 11 is 1.66. The van der Waals surface area contributed by atoms with E-state index in [4.69, 9.17) is 15.2 Å². The molecule has 1 unspecified atom stereocenters. The average molecular weight is 356 g/mol. The minimum atomic E-state index is -0.739. The Morgan fingerprint density at radius 2 is 2.16 bits per heavy atom. The first-order valence-corrected chi connectivity index (χ1v) is 9.01. The third-order valence-electron chi connectivity index (χ3n) is 3.93. The highest BCUT2D eigenvalue weighted by Crippen LogP contribution is 2.29. The number of carbonyl (C=O) groups is 1. The quantitative estimate of drug-likeness (QED) is 0.606. The molecule has 0 spiro atoms. The topological polar surface area (TPSA) is 74.4 Å². The van der Waals surface area contributed by atoms with Crippen LogP contribution in [0.15, 0.2) is 54.2 Å². The molecule has 25 heavy (non-hydrogen) atoms. The molecule has 2 heterocycles. The minimum Gasteiger partial charge on any atom is -0.450 e. The van der Waals surface area contributed by atoms with Crippen LogP contribution in [0.4, 0.5) is 4.79 Å². The second-order valence-electron chi connectivity index (χ2n) is 5.64. The van der Waals surface area contributed by atoms with E-state index in [9.17, 15) is 4.79 Å². The number of ether oxygens (including phenoxy) is 2. The number of hydrogen-bond donors (Lipinski definition) is 1. The van der Waals surface area contributed by atoms with Crippen molar-refractivity contribution in [2.45, 2.75) is 25.6 Å². The number of benzene rings is 1. The molecule has 1 amide bonds. The van der Waals surface area contributed by atoms with Crippen molar-refractivity contribution in [3.8, 4) is 0 Å². The Labute approximate surface area is 150 Å². The molecular weight excluding hydrogens is 336 g/mol. The van der Waals surface area contributed by atoms with Gasteiger partial charge >= 0.3 is 6.09 Å². The van der Waals surface area contributed by atoms with Gasteiger partial charge in [0.15, 0.2) is 0 Å². The van der Waals surface area contributed by atoms with Crippen LogP contribution in [0.3, 0.4) is 0 Å². The van der Waals surface area contributed by atoms with E-state index in [-0.39, 0.29) is 6.10 Å². The maximum atomic E-state index is 10.7. The minimum absolute atomic E-state index is 0.0385. The highest BCUT2D eigenvalue weighted by atomic mass is 32.1. The third kappa shape index (κ3) is 4.78. The van der Waals surface area contributed by atoms with Crippen LogP contribution in [-0.2, 0) is 16.1 Å². The van der Waals surface area contributed by atoms with Crippen LogP contribution in [0.1, 0.15) is 29.4 Å². The van der Waals surface area contributed by atoms with Gasteiger partial charge in [-0.1, -0.05) is 24.3 Å². The molecule has 0 saturated carbocycles. The van der Waals surface area contributed by atoms with Crippen LogP contribution in [0.2, 0.25) is 0 Å². The lowest BCUT2D eigenvalue weighted by molar-refractivity contribution is 0.0315. The van der Waals surface area contributed by atoms with E-state index >= 15 is 0 Å². The lowest BCUT2D eigenvalue weighted by atomic mass is 10.1. The Morgan fingerprint density at radius 1 is 1.24 bits per heavy atom. The van der Waals surface area contributed by atoms with Gasteiger partial charge in [0, 0.05) is 22.7 Å². The summed E-state index contributed by atoms with van der Waals surface area (Å²) in [5, 5.41) is 4.29. The molecular formula is C19H20N2O3S. The van der Waals surface area contributed by atoms with Crippen LogP contribution in [0, 0.1) is 0 Å². The number of fused-ring (bicyclic) bond motifs is 1. The predicted molar refractivity (Wildman–Crippen MR) is 98.4 cm³/mol. The van der Waals surface area contributed by atoms with Gasteiger partial charge in [0.25, 0.3) is 0 Å². The largest absolute Gasteiger partial charge is 0.450 e. The summed E-state index contributed by atoms with van der Waals surface area (Å²) in [5.41, 5.74) is 6.11. The lowest BCUT2D eigenvalue weighted by Crippen LogP contribution is -2.14. The van der Waals surface area contributed by atoms with Gasteiger partial charge in [-0.05, 0) is 41.3 Å². The summed E-state index contributed by atoms with van der Waals surface area (Å²) in [7, 11) is 0. The van der Waals surface area contributed by atoms with Crippen molar-refractivity contribution in [3.05, 3.63) is 64.6 Å². The summed E-state index contributed by atoms with van der Waals surface area (Å²) in [4.78, 5) is 16.1. The van der Waals surface area contributed by atoms with Crippen LogP contribution < -0.4 is 5.73 Å². The van der Waals surface area contributed by atoms with Gasteiger partial charge in [0.1, 0.15) is 0 Å². The smallest absolute Gasteiger partial charge is 0.404 e. The molecule has 1 atom stereocenters. The van der Waals surface area contributed by atoms with Crippen LogP contribution in [0.25, 0.3) is 10.8 Å². The second-order valence-corrected chi connectivity index (χ2v) is 6.62. The summed E-state index contributed by atoms with van der Waals surface area (Å²) in [6.45, 7) is 0.807. The summed E-state index contributed by atoms with van der Waals surface area (Å²) in [5.74, 6) is 0. The SMILES string of the molecule is NC(=O)OCCCC(OCc1cccc2ccncc12)c1cccs1. The normalized spacial score (nSPS) is 12.2.